The minimum Gasteiger partial charge on any atom is -0.480 e. The third-order valence-electron chi connectivity index (χ3n) is 4.82. The van der Waals surface area contributed by atoms with E-state index in [9.17, 15) is 19.5 Å². The molecule has 0 spiro atoms. The predicted octanol–water partition coefficient (Wildman–Crippen LogP) is 3.05. The maximum Gasteiger partial charge on any atom is 0.407 e. The second-order valence-corrected chi connectivity index (χ2v) is 7.59. The van der Waals surface area contributed by atoms with E-state index in [0.29, 0.717) is 6.42 Å². The van der Waals surface area contributed by atoms with Crippen LogP contribution in [0.15, 0.2) is 48.5 Å². The number of carbonyl (C=O) groups excluding carboxylic acids is 1. The van der Waals surface area contributed by atoms with E-state index < -0.39 is 24.1 Å². The topological polar surface area (TPSA) is 139 Å². The molecular formula is C23H28N2O6. The number of hydrogen-bond acceptors (Lipinski definition) is 5. The smallest absolute Gasteiger partial charge is 0.407 e. The summed E-state index contributed by atoms with van der Waals surface area (Å²) in [5, 5.41) is 19.3. The lowest BCUT2D eigenvalue weighted by atomic mass is 9.98. The molecule has 5 N–H and O–H groups in total. The fourth-order valence-electron chi connectivity index (χ4n) is 3.48. The SMILES string of the molecule is CC(C)CC(NC(=O)OCC1c2ccccc2-c2ccccc21)C(=O)O.NCC(=O)O. The van der Waals surface area contributed by atoms with E-state index in [1.807, 2.05) is 50.2 Å². The Kier molecular flexibility index (Phi) is 8.57. The van der Waals surface area contributed by atoms with Gasteiger partial charge in [-0.15, -0.1) is 0 Å². The summed E-state index contributed by atoms with van der Waals surface area (Å²) in [6.45, 7) is 3.72. The molecule has 166 valence electrons. The molecule has 0 heterocycles. The summed E-state index contributed by atoms with van der Waals surface area (Å²) >= 11 is 0. The van der Waals surface area contributed by atoms with Crippen LogP contribution in [-0.2, 0) is 14.3 Å². The van der Waals surface area contributed by atoms with Crippen molar-refractivity contribution in [3.8, 4) is 11.1 Å². The van der Waals surface area contributed by atoms with Gasteiger partial charge in [0, 0.05) is 5.92 Å². The quantitative estimate of drug-likeness (QED) is 0.531. The van der Waals surface area contributed by atoms with Crippen LogP contribution in [0.5, 0.6) is 0 Å². The Hall–Kier alpha value is -3.39. The molecule has 0 fully saturated rings. The zero-order chi connectivity index (χ0) is 23.0. The molecular weight excluding hydrogens is 400 g/mol. The van der Waals surface area contributed by atoms with Gasteiger partial charge < -0.3 is 26.0 Å². The number of carbonyl (C=O) groups is 3. The van der Waals surface area contributed by atoms with Crippen LogP contribution in [-0.4, -0.2) is 47.4 Å². The van der Waals surface area contributed by atoms with Crippen LogP contribution in [0.4, 0.5) is 4.79 Å². The summed E-state index contributed by atoms with van der Waals surface area (Å²) in [6, 6.07) is 15.2. The number of hydrogen-bond donors (Lipinski definition) is 4. The Morgan fingerprint density at radius 2 is 1.48 bits per heavy atom. The number of carboxylic acids is 2. The van der Waals surface area contributed by atoms with Crippen molar-refractivity contribution < 1.29 is 29.3 Å². The number of nitrogens with one attached hydrogen (secondary N) is 1. The number of ether oxygens (including phenoxy) is 1. The number of carboxylic acid groups (broad SMARTS) is 2. The number of alkyl carbamates (subject to hydrolysis) is 1. The molecule has 1 aliphatic carbocycles. The first-order valence-electron chi connectivity index (χ1n) is 10.0. The third kappa shape index (κ3) is 6.55. The van der Waals surface area contributed by atoms with Crippen molar-refractivity contribution >= 4 is 18.0 Å². The zero-order valence-corrected chi connectivity index (χ0v) is 17.6. The van der Waals surface area contributed by atoms with E-state index in [4.69, 9.17) is 9.84 Å². The number of aliphatic carboxylic acids is 2. The molecule has 0 saturated carbocycles. The number of amides is 1. The Morgan fingerprint density at radius 1 is 1.00 bits per heavy atom. The van der Waals surface area contributed by atoms with Gasteiger partial charge in [0.2, 0.25) is 0 Å². The summed E-state index contributed by atoms with van der Waals surface area (Å²) in [6.07, 6.45) is -0.334. The van der Waals surface area contributed by atoms with E-state index in [0.717, 1.165) is 22.3 Å². The van der Waals surface area contributed by atoms with Gasteiger partial charge in [0.05, 0.1) is 6.54 Å². The number of fused-ring (bicyclic) bond motifs is 3. The van der Waals surface area contributed by atoms with Crippen LogP contribution in [0.1, 0.15) is 37.3 Å². The van der Waals surface area contributed by atoms with Gasteiger partial charge in [-0.3, -0.25) is 4.79 Å². The first kappa shape index (κ1) is 23.9. The summed E-state index contributed by atoms with van der Waals surface area (Å²) in [5.74, 6) is -1.90. The van der Waals surface area contributed by atoms with Crippen LogP contribution in [0.2, 0.25) is 0 Å². The summed E-state index contributed by atoms with van der Waals surface area (Å²) in [7, 11) is 0. The maximum atomic E-state index is 12.1. The first-order valence-corrected chi connectivity index (χ1v) is 10.0. The monoisotopic (exact) mass is 428 g/mol. The average Bonchev–Trinajstić information content (AvgIpc) is 3.05. The molecule has 0 aliphatic heterocycles. The average molecular weight is 428 g/mol. The normalized spacial score (nSPS) is 12.8. The van der Waals surface area contributed by atoms with Gasteiger partial charge in [-0.25, -0.2) is 9.59 Å². The molecule has 1 atom stereocenters. The summed E-state index contributed by atoms with van der Waals surface area (Å²) < 4.78 is 5.39. The van der Waals surface area contributed by atoms with Gasteiger partial charge in [0.25, 0.3) is 0 Å². The van der Waals surface area contributed by atoms with Crippen LogP contribution in [0.3, 0.4) is 0 Å². The van der Waals surface area contributed by atoms with E-state index in [1.54, 1.807) is 0 Å². The van der Waals surface area contributed by atoms with Crippen LogP contribution < -0.4 is 11.1 Å². The first-order chi connectivity index (χ1) is 14.7. The van der Waals surface area contributed by atoms with Crippen molar-refractivity contribution in [2.24, 2.45) is 11.7 Å². The van der Waals surface area contributed by atoms with Crippen molar-refractivity contribution in [1.29, 1.82) is 0 Å². The van der Waals surface area contributed by atoms with E-state index in [1.165, 1.54) is 0 Å². The van der Waals surface area contributed by atoms with Gasteiger partial charge in [0.1, 0.15) is 12.6 Å². The molecule has 1 amide bonds. The zero-order valence-electron chi connectivity index (χ0n) is 17.6. The maximum absolute atomic E-state index is 12.1. The molecule has 1 aliphatic rings. The van der Waals surface area contributed by atoms with Crippen molar-refractivity contribution in [3.63, 3.8) is 0 Å². The Labute approximate surface area is 181 Å². The molecule has 1 unspecified atom stereocenters. The molecule has 3 rings (SSSR count). The Bertz CT molecular complexity index is 882. The second-order valence-electron chi connectivity index (χ2n) is 7.59. The van der Waals surface area contributed by atoms with Crippen LogP contribution in [0.25, 0.3) is 11.1 Å². The van der Waals surface area contributed by atoms with Crippen molar-refractivity contribution in [1.82, 2.24) is 5.32 Å². The van der Waals surface area contributed by atoms with E-state index >= 15 is 0 Å². The summed E-state index contributed by atoms with van der Waals surface area (Å²) in [4.78, 5) is 32.7. The van der Waals surface area contributed by atoms with Gasteiger partial charge in [-0.2, -0.15) is 0 Å². The van der Waals surface area contributed by atoms with Gasteiger partial charge >= 0.3 is 18.0 Å². The Balaban J connectivity index is 0.000000614. The molecule has 31 heavy (non-hydrogen) atoms. The lowest BCUT2D eigenvalue weighted by molar-refractivity contribution is -0.140. The van der Waals surface area contributed by atoms with Crippen LogP contribution >= 0.6 is 0 Å². The number of benzene rings is 2. The second kappa shape index (κ2) is 11.1. The number of nitrogens with two attached hydrogens (primary N) is 1. The molecule has 0 saturated heterocycles. The molecule has 0 radical (unpaired) electrons. The van der Waals surface area contributed by atoms with Gasteiger partial charge in [0.15, 0.2) is 0 Å². The molecule has 8 nitrogen and oxygen atoms in total. The lowest BCUT2D eigenvalue weighted by Crippen LogP contribution is -2.42. The van der Waals surface area contributed by atoms with Crippen LogP contribution in [0, 0.1) is 5.92 Å². The van der Waals surface area contributed by atoms with Crippen molar-refractivity contribution in [3.05, 3.63) is 59.7 Å². The summed E-state index contributed by atoms with van der Waals surface area (Å²) in [5.41, 5.74) is 9.13. The minimum absolute atomic E-state index is 0.0403. The van der Waals surface area contributed by atoms with Crippen molar-refractivity contribution in [2.75, 3.05) is 13.2 Å². The van der Waals surface area contributed by atoms with E-state index in [2.05, 4.69) is 23.2 Å². The van der Waals surface area contributed by atoms with E-state index in [-0.39, 0.29) is 25.0 Å². The fourth-order valence-corrected chi connectivity index (χ4v) is 3.48. The largest absolute Gasteiger partial charge is 0.480 e. The highest BCUT2D eigenvalue weighted by Crippen LogP contribution is 2.44. The highest BCUT2D eigenvalue weighted by molar-refractivity contribution is 5.81. The third-order valence-corrected chi connectivity index (χ3v) is 4.82. The molecule has 2 aromatic carbocycles. The molecule has 2 aromatic rings. The lowest BCUT2D eigenvalue weighted by Gasteiger charge is -2.18. The highest BCUT2D eigenvalue weighted by atomic mass is 16.5. The standard InChI is InChI=1S/C21H23NO4.C2H5NO2/c1-13(2)11-19(20(23)24)22-21(25)26-12-18-16-9-5-3-7-14(16)15-8-4-6-10-17(15)18;3-1-2(4)5/h3-10,13,18-19H,11-12H2,1-2H3,(H,22,25)(H,23,24);1,3H2,(H,4,5). The molecule has 0 bridgehead atoms. The fraction of sp³-hybridized carbons (Fsp3) is 0.348. The molecule has 0 aromatic heterocycles. The minimum atomic E-state index is -1.05. The van der Waals surface area contributed by atoms with Gasteiger partial charge in [-0.05, 0) is 34.6 Å². The van der Waals surface area contributed by atoms with Crippen molar-refractivity contribution in [2.45, 2.75) is 32.2 Å². The molecule has 8 heteroatoms. The number of rotatable bonds is 7. The van der Waals surface area contributed by atoms with Gasteiger partial charge in [-0.1, -0.05) is 62.4 Å². The highest BCUT2D eigenvalue weighted by Gasteiger charge is 2.29. The Morgan fingerprint density at radius 3 is 1.90 bits per heavy atom. The predicted molar refractivity (Wildman–Crippen MR) is 116 cm³/mol.